The van der Waals surface area contributed by atoms with Crippen LogP contribution in [0.4, 0.5) is 5.69 Å². The van der Waals surface area contributed by atoms with Crippen LogP contribution in [0.15, 0.2) is 46.9 Å². The first-order chi connectivity index (χ1) is 12.6. The maximum Gasteiger partial charge on any atom is 0.237 e. The third-order valence-corrected chi connectivity index (χ3v) is 6.07. The summed E-state index contributed by atoms with van der Waals surface area (Å²) in [5.41, 5.74) is 2.05. The quantitative estimate of drug-likeness (QED) is 0.550. The van der Waals surface area contributed by atoms with Crippen molar-refractivity contribution >= 4 is 34.7 Å². The van der Waals surface area contributed by atoms with E-state index < -0.39 is 0 Å². The Hall–Kier alpha value is -2.12. The van der Waals surface area contributed by atoms with Crippen molar-refractivity contribution in [3.8, 4) is 10.7 Å². The van der Waals surface area contributed by atoms with Gasteiger partial charge in [-0.25, -0.2) is 4.98 Å². The van der Waals surface area contributed by atoms with Gasteiger partial charge in [0.05, 0.1) is 10.1 Å². The predicted octanol–water partition coefficient (Wildman–Crippen LogP) is 5.17. The zero-order valence-electron chi connectivity index (χ0n) is 15.0. The van der Waals surface area contributed by atoms with E-state index in [0.29, 0.717) is 11.1 Å². The van der Waals surface area contributed by atoms with Crippen molar-refractivity contribution in [1.29, 1.82) is 0 Å². The molecule has 2 heterocycles. The molecule has 136 valence electrons. The Balaban J connectivity index is 1.66. The van der Waals surface area contributed by atoms with Gasteiger partial charge in [0.25, 0.3) is 0 Å². The lowest BCUT2D eigenvalue weighted by Crippen LogP contribution is -2.23. The van der Waals surface area contributed by atoms with E-state index in [-0.39, 0.29) is 11.2 Å². The summed E-state index contributed by atoms with van der Waals surface area (Å²) >= 11 is 2.95. The maximum absolute atomic E-state index is 12.6. The third-order valence-electron chi connectivity index (χ3n) is 4.23. The number of carbonyl (C=O) groups excluding carboxylic acids is 1. The van der Waals surface area contributed by atoms with Gasteiger partial charge < -0.3 is 5.32 Å². The molecule has 0 unspecified atom stereocenters. The van der Waals surface area contributed by atoms with Gasteiger partial charge in [0.2, 0.25) is 11.1 Å². The minimum absolute atomic E-state index is 0.0479. The first-order valence-corrected chi connectivity index (χ1v) is 10.4. The number of thiophene rings is 1. The molecular weight excluding hydrogens is 364 g/mol. The van der Waals surface area contributed by atoms with E-state index in [1.54, 1.807) is 11.3 Å². The van der Waals surface area contributed by atoms with Crippen molar-refractivity contribution in [3.63, 3.8) is 0 Å². The number of H-pyrrole nitrogens is 1. The summed E-state index contributed by atoms with van der Waals surface area (Å²) < 4.78 is 0. The molecule has 2 atom stereocenters. The Labute approximate surface area is 161 Å². The van der Waals surface area contributed by atoms with Gasteiger partial charge in [-0.2, -0.15) is 0 Å². The molecule has 0 saturated heterocycles. The minimum Gasteiger partial charge on any atom is -0.325 e. The Morgan fingerprint density at radius 1 is 1.27 bits per heavy atom. The number of benzene rings is 1. The molecular formula is C19H22N4OS2. The van der Waals surface area contributed by atoms with Gasteiger partial charge in [-0.3, -0.25) is 9.89 Å². The third kappa shape index (κ3) is 4.34. The second-order valence-electron chi connectivity index (χ2n) is 6.09. The first-order valence-electron chi connectivity index (χ1n) is 8.61. The summed E-state index contributed by atoms with van der Waals surface area (Å²) in [4.78, 5) is 18.1. The van der Waals surface area contributed by atoms with Gasteiger partial charge in [0.15, 0.2) is 5.82 Å². The van der Waals surface area contributed by atoms with Crippen LogP contribution in [0.25, 0.3) is 10.7 Å². The molecule has 0 spiro atoms. The van der Waals surface area contributed by atoms with Crippen LogP contribution < -0.4 is 5.32 Å². The number of aromatic nitrogens is 3. The highest BCUT2D eigenvalue weighted by atomic mass is 32.2. The number of thioether (sulfide) groups is 1. The highest BCUT2D eigenvalue weighted by Gasteiger charge is 2.19. The lowest BCUT2D eigenvalue weighted by Gasteiger charge is -2.17. The van der Waals surface area contributed by atoms with Gasteiger partial charge in [0.1, 0.15) is 0 Å². The van der Waals surface area contributed by atoms with Crippen molar-refractivity contribution in [3.05, 3.63) is 47.3 Å². The van der Waals surface area contributed by atoms with Gasteiger partial charge in [-0.15, -0.1) is 16.4 Å². The van der Waals surface area contributed by atoms with E-state index in [2.05, 4.69) is 40.4 Å². The summed E-state index contributed by atoms with van der Waals surface area (Å²) in [5, 5.41) is 12.5. The van der Waals surface area contributed by atoms with Crippen molar-refractivity contribution in [2.45, 2.75) is 43.5 Å². The van der Waals surface area contributed by atoms with E-state index in [1.807, 2.05) is 42.6 Å². The number of hydrogen-bond acceptors (Lipinski definition) is 5. The molecule has 26 heavy (non-hydrogen) atoms. The number of rotatable bonds is 7. The van der Waals surface area contributed by atoms with E-state index in [1.165, 1.54) is 17.3 Å². The Morgan fingerprint density at radius 2 is 2.08 bits per heavy atom. The molecule has 0 radical (unpaired) electrons. The molecule has 3 aromatic rings. The zero-order valence-corrected chi connectivity index (χ0v) is 16.7. The van der Waals surface area contributed by atoms with E-state index in [4.69, 9.17) is 0 Å². The van der Waals surface area contributed by atoms with E-state index in [0.717, 1.165) is 22.8 Å². The number of amides is 1. The standard InChI is InChI=1S/C19H22N4OS2/c1-4-12(2)14-8-5-6-9-15(14)20-18(24)13(3)26-19-21-17(22-23-19)16-10-7-11-25-16/h5-13H,4H2,1-3H3,(H,20,24)(H,21,22,23)/t12-,13+/m1/s1. The number of nitrogens with one attached hydrogen (secondary N) is 2. The highest BCUT2D eigenvalue weighted by molar-refractivity contribution is 8.00. The number of hydrogen-bond donors (Lipinski definition) is 2. The lowest BCUT2D eigenvalue weighted by atomic mass is 9.97. The minimum atomic E-state index is -0.299. The highest BCUT2D eigenvalue weighted by Crippen LogP contribution is 2.29. The van der Waals surface area contributed by atoms with Crippen molar-refractivity contribution in [1.82, 2.24) is 15.2 Å². The summed E-state index contributed by atoms with van der Waals surface area (Å²) in [6.07, 6.45) is 1.03. The monoisotopic (exact) mass is 386 g/mol. The van der Waals surface area contributed by atoms with Gasteiger partial charge in [-0.1, -0.05) is 49.9 Å². The first kappa shape index (κ1) is 18.7. The Bertz CT molecular complexity index is 860. The van der Waals surface area contributed by atoms with Crippen LogP contribution in [0.2, 0.25) is 0 Å². The van der Waals surface area contributed by atoms with E-state index >= 15 is 0 Å². The van der Waals surface area contributed by atoms with Crippen LogP contribution in [0.1, 0.15) is 38.7 Å². The summed E-state index contributed by atoms with van der Waals surface area (Å²) in [6.45, 7) is 6.19. The van der Waals surface area contributed by atoms with E-state index in [9.17, 15) is 4.79 Å². The predicted molar refractivity (Wildman–Crippen MR) is 109 cm³/mol. The molecule has 5 nitrogen and oxygen atoms in total. The number of nitrogens with zero attached hydrogens (tertiary/aromatic N) is 2. The van der Waals surface area contributed by atoms with Crippen LogP contribution in [-0.4, -0.2) is 26.3 Å². The second-order valence-corrected chi connectivity index (χ2v) is 8.35. The molecule has 0 aliphatic carbocycles. The van der Waals surface area contributed by atoms with Crippen LogP contribution in [-0.2, 0) is 4.79 Å². The fourth-order valence-corrected chi connectivity index (χ4v) is 3.92. The lowest BCUT2D eigenvalue weighted by molar-refractivity contribution is -0.115. The molecule has 1 aromatic carbocycles. The van der Waals surface area contributed by atoms with Gasteiger partial charge in [0, 0.05) is 5.69 Å². The molecule has 0 fully saturated rings. The van der Waals surface area contributed by atoms with Gasteiger partial charge >= 0.3 is 0 Å². The smallest absolute Gasteiger partial charge is 0.237 e. The molecule has 1 amide bonds. The molecule has 0 saturated carbocycles. The van der Waals surface area contributed by atoms with Crippen molar-refractivity contribution < 1.29 is 4.79 Å². The molecule has 2 aromatic heterocycles. The molecule has 0 aliphatic heterocycles. The topological polar surface area (TPSA) is 70.7 Å². The maximum atomic E-state index is 12.6. The number of carbonyl (C=O) groups is 1. The second kappa shape index (κ2) is 8.51. The fourth-order valence-electron chi connectivity index (χ4n) is 2.53. The molecule has 0 aliphatic rings. The number of aromatic amines is 1. The fraction of sp³-hybridized carbons (Fsp3) is 0.316. The van der Waals surface area contributed by atoms with Crippen LogP contribution in [0.3, 0.4) is 0 Å². The largest absolute Gasteiger partial charge is 0.325 e. The van der Waals surface area contributed by atoms with Crippen LogP contribution in [0.5, 0.6) is 0 Å². The molecule has 2 N–H and O–H groups in total. The normalized spacial score (nSPS) is 13.3. The summed E-state index contributed by atoms with van der Waals surface area (Å²) in [7, 11) is 0. The molecule has 0 bridgehead atoms. The average Bonchev–Trinajstić information content (AvgIpc) is 3.33. The Kier molecular flexibility index (Phi) is 6.11. The van der Waals surface area contributed by atoms with Crippen LogP contribution in [0, 0.1) is 0 Å². The molecule has 7 heteroatoms. The SMILES string of the molecule is CC[C@@H](C)c1ccccc1NC(=O)[C@H](C)Sc1n[nH]c(-c2cccs2)n1. The van der Waals surface area contributed by atoms with Crippen molar-refractivity contribution in [2.24, 2.45) is 0 Å². The van der Waals surface area contributed by atoms with Crippen molar-refractivity contribution in [2.75, 3.05) is 5.32 Å². The zero-order chi connectivity index (χ0) is 18.5. The Morgan fingerprint density at radius 3 is 2.81 bits per heavy atom. The van der Waals surface area contributed by atoms with Crippen LogP contribution >= 0.6 is 23.1 Å². The average molecular weight is 387 g/mol. The summed E-state index contributed by atoms with van der Waals surface area (Å²) in [5.74, 6) is 1.08. The summed E-state index contributed by atoms with van der Waals surface area (Å²) in [6, 6.07) is 11.9. The number of para-hydroxylation sites is 1. The van der Waals surface area contributed by atoms with Gasteiger partial charge in [-0.05, 0) is 42.3 Å². The molecule has 3 rings (SSSR count). The number of anilines is 1.